The lowest BCUT2D eigenvalue weighted by atomic mass is 9.95. The van der Waals surface area contributed by atoms with E-state index in [1.54, 1.807) is 11.2 Å². The highest BCUT2D eigenvalue weighted by Crippen LogP contribution is 2.25. The number of carbonyl (C=O) groups is 2. The van der Waals surface area contributed by atoms with E-state index in [1.807, 2.05) is 16.5 Å². The van der Waals surface area contributed by atoms with Crippen LogP contribution < -0.4 is 0 Å². The average molecular weight is 348 g/mol. The molecule has 1 aromatic heterocycles. The fraction of sp³-hybridized carbons (Fsp3) is 0.722. The average Bonchev–Trinajstić information content (AvgIpc) is 3.03. The van der Waals surface area contributed by atoms with E-state index in [4.69, 9.17) is 4.74 Å². The third kappa shape index (κ3) is 3.86. The number of rotatable bonds is 4. The Kier molecular flexibility index (Phi) is 5.42. The minimum Gasteiger partial charge on any atom is -0.378 e. The fourth-order valence-corrected chi connectivity index (χ4v) is 3.70. The number of morpholine rings is 1. The summed E-state index contributed by atoms with van der Waals surface area (Å²) in [6.45, 7) is 8.10. The molecule has 3 heterocycles. The second-order valence-corrected chi connectivity index (χ2v) is 7.45. The van der Waals surface area contributed by atoms with Crippen LogP contribution in [0.3, 0.4) is 0 Å². The van der Waals surface area contributed by atoms with Gasteiger partial charge in [-0.2, -0.15) is 0 Å². The van der Waals surface area contributed by atoms with Crippen LogP contribution >= 0.6 is 0 Å². The molecule has 1 aromatic rings. The number of imidazole rings is 1. The monoisotopic (exact) mass is 348 g/mol. The lowest BCUT2D eigenvalue weighted by molar-refractivity contribution is -0.140. The van der Waals surface area contributed by atoms with E-state index in [1.165, 1.54) is 0 Å². The Balaban J connectivity index is 1.68. The van der Waals surface area contributed by atoms with Gasteiger partial charge in [0.1, 0.15) is 5.69 Å². The van der Waals surface area contributed by atoms with Crippen LogP contribution in [0.25, 0.3) is 0 Å². The molecular weight excluding hydrogens is 320 g/mol. The van der Waals surface area contributed by atoms with E-state index in [-0.39, 0.29) is 17.7 Å². The molecule has 3 rings (SSSR count). The van der Waals surface area contributed by atoms with Gasteiger partial charge >= 0.3 is 0 Å². The van der Waals surface area contributed by atoms with Crippen LogP contribution in [-0.2, 0) is 22.5 Å². The number of ether oxygens (including phenoxy) is 1. The van der Waals surface area contributed by atoms with E-state index >= 15 is 0 Å². The van der Waals surface area contributed by atoms with Crippen LogP contribution in [0, 0.1) is 11.8 Å². The van der Waals surface area contributed by atoms with Gasteiger partial charge in [0, 0.05) is 33.2 Å². The molecule has 1 saturated heterocycles. The summed E-state index contributed by atoms with van der Waals surface area (Å²) in [4.78, 5) is 33.3. The zero-order chi connectivity index (χ0) is 18.0. The molecule has 0 saturated carbocycles. The number of nitrogens with zero attached hydrogens (tertiary/aromatic N) is 4. The molecule has 0 aromatic carbocycles. The van der Waals surface area contributed by atoms with Crippen molar-refractivity contribution in [3.8, 4) is 0 Å². The van der Waals surface area contributed by atoms with Gasteiger partial charge in [0.15, 0.2) is 0 Å². The van der Waals surface area contributed by atoms with Gasteiger partial charge in [0.2, 0.25) is 5.91 Å². The first-order chi connectivity index (χ1) is 12.0. The zero-order valence-corrected chi connectivity index (χ0v) is 15.4. The van der Waals surface area contributed by atoms with Gasteiger partial charge in [-0.1, -0.05) is 13.8 Å². The molecule has 2 amide bonds. The van der Waals surface area contributed by atoms with Crippen LogP contribution in [0.4, 0.5) is 0 Å². The number of hydrogen-bond acceptors (Lipinski definition) is 4. The molecule has 138 valence electrons. The molecule has 0 aliphatic carbocycles. The van der Waals surface area contributed by atoms with E-state index in [2.05, 4.69) is 18.8 Å². The highest BCUT2D eigenvalue weighted by Gasteiger charge is 2.32. The first kappa shape index (κ1) is 17.9. The molecule has 0 radical (unpaired) electrons. The van der Waals surface area contributed by atoms with Crippen molar-refractivity contribution in [3.05, 3.63) is 17.7 Å². The van der Waals surface area contributed by atoms with Crippen LogP contribution in [0.2, 0.25) is 0 Å². The molecule has 2 aliphatic rings. The van der Waals surface area contributed by atoms with E-state index in [9.17, 15) is 9.59 Å². The maximum absolute atomic E-state index is 12.7. The smallest absolute Gasteiger partial charge is 0.274 e. The summed E-state index contributed by atoms with van der Waals surface area (Å²) in [7, 11) is 1.82. The molecule has 2 aliphatic heterocycles. The highest BCUT2D eigenvalue weighted by molar-refractivity contribution is 5.93. The van der Waals surface area contributed by atoms with Gasteiger partial charge in [-0.15, -0.1) is 0 Å². The lowest BCUT2D eigenvalue weighted by Gasteiger charge is -2.32. The first-order valence-corrected chi connectivity index (χ1v) is 9.13. The Morgan fingerprint density at radius 2 is 2.08 bits per heavy atom. The Morgan fingerprint density at radius 1 is 1.36 bits per heavy atom. The molecule has 1 unspecified atom stereocenters. The normalized spacial score (nSPS) is 20.5. The predicted molar refractivity (Wildman–Crippen MR) is 93.2 cm³/mol. The Labute approximate surface area is 148 Å². The number of aromatic nitrogens is 2. The van der Waals surface area contributed by atoms with Crippen molar-refractivity contribution < 1.29 is 14.3 Å². The van der Waals surface area contributed by atoms with E-state index in [0.717, 1.165) is 18.5 Å². The summed E-state index contributed by atoms with van der Waals surface area (Å²) in [5, 5.41) is 0. The molecule has 7 nitrogen and oxygen atoms in total. The second-order valence-electron chi connectivity index (χ2n) is 7.45. The van der Waals surface area contributed by atoms with Crippen molar-refractivity contribution in [1.82, 2.24) is 19.4 Å². The third-order valence-electron chi connectivity index (χ3n) is 4.95. The fourth-order valence-electron chi connectivity index (χ4n) is 3.70. The molecule has 0 N–H and O–H groups in total. The van der Waals surface area contributed by atoms with E-state index in [0.29, 0.717) is 51.0 Å². The number of carbonyl (C=O) groups excluding carboxylic acids is 2. The molecule has 1 atom stereocenters. The standard InChI is InChI=1S/C18H28N4O3/c1-13(2)10-20(3)18(24)16-15-5-4-14(11-22(15)12-19-16)17(23)21-6-8-25-9-7-21/h12-14H,4-11H2,1-3H3. The summed E-state index contributed by atoms with van der Waals surface area (Å²) in [6.07, 6.45) is 3.21. The summed E-state index contributed by atoms with van der Waals surface area (Å²) in [6, 6.07) is 0. The van der Waals surface area contributed by atoms with Crippen molar-refractivity contribution in [2.75, 3.05) is 39.9 Å². The van der Waals surface area contributed by atoms with Crippen molar-refractivity contribution in [3.63, 3.8) is 0 Å². The maximum atomic E-state index is 12.7. The van der Waals surface area contributed by atoms with Gasteiger partial charge in [0.25, 0.3) is 5.91 Å². The zero-order valence-electron chi connectivity index (χ0n) is 15.4. The quantitative estimate of drug-likeness (QED) is 0.815. The van der Waals surface area contributed by atoms with E-state index < -0.39 is 0 Å². The minimum atomic E-state index is -0.0313. The maximum Gasteiger partial charge on any atom is 0.274 e. The summed E-state index contributed by atoms with van der Waals surface area (Å²) < 4.78 is 7.31. The second kappa shape index (κ2) is 7.56. The first-order valence-electron chi connectivity index (χ1n) is 9.13. The van der Waals surface area contributed by atoms with Gasteiger partial charge in [-0.05, 0) is 18.8 Å². The largest absolute Gasteiger partial charge is 0.378 e. The summed E-state index contributed by atoms with van der Waals surface area (Å²) in [5.41, 5.74) is 1.51. The highest BCUT2D eigenvalue weighted by atomic mass is 16.5. The lowest BCUT2D eigenvalue weighted by Crippen LogP contribution is -2.45. The van der Waals surface area contributed by atoms with Crippen LogP contribution in [0.15, 0.2) is 6.33 Å². The molecule has 0 spiro atoms. The Morgan fingerprint density at radius 3 is 2.76 bits per heavy atom. The Hall–Kier alpha value is -1.89. The van der Waals surface area contributed by atoms with Crippen LogP contribution in [-0.4, -0.2) is 71.1 Å². The molecular formula is C18H28N4O3. The third-order valence-corrected chi connectivity index (χ3v) is 4.95. The SMILES string of the molecule is CC(C)CN(C)C(=O)c1ncn2c1CCC(C(=O)N1CCOCC1)C2. The van der Waals surface area contributed by atoms with Gasteiger partial charge in [-0.3, -0.25) is 9.59 Å². The molecule has 0 bridgehead atoms. The summed E-state index contributed by atoms with van der Waals surface area (Å²) in [5.74, 6) is 0.562. The number of amides is 2. The van der Waals surface area contributed by atoms with Crippen molar-refractivity contribution in [2.45, 2.75) is 33.2 Å². The van der Waals surface area contributed by atoms with Crippen molar-refractivity contribution in [1.29, 1.82) is 0 Å². The number of fused-ring (bicyclic) bond motifs is 1. The topological polar surface area (TPSA) is 67.7 Å². The van der Waals surface area contributed by atoms with Crippen LogP contribution in [0.1, 0.15) is 36.5 Å². The van der Waals surface area contributed by atoms with Gasteiger partial charge < -0.3 is 19.1 Å². The van der Waals surface area contributed by atoms with Crippen molar-refractivity contribution >= 4 is 11.8 Å². The molecule has 7 heteroatoms. The Bertz CT molecular complexity index is 634. The minimum absolute atomic E-state index is 0.0274. The van der Waals surface area contributed by atoms with Crippen LogP contribution in [0.5, 0.6) is 0 Å². The molecule has 25 heavy (non-hydrogen) atoms. The van der Waals surface area contributed by atoms with Gasteiger partial charge in [0.05, 0.1) is 31.2 Å². The predicted octanol–water partition coefficient (Wildman–Crippen LogP) is 1.03. The number of hydrogen-bond donors (Lipinski definition) is 0. The van der Waals surface area contributed by atoms with Crippen molar-refractivity contribution in [2.24, 2.45) is 11.8 Å². The molecule has 1 fully saturated rings. The summed E-state index contributed by atoms with van der Waals surface area (Å²) >= 11 is 0. The van der Waals surface area contributed by atoms with Gasteiger partial charge in [-0.25, -0.2) is 4.98 Å².